The van der Waals surface area contributed by atoms with Gasteiger partial charge in [-0.15, -0.1) is 0 Å². The maximum absolute atomic E-state index is 5.94. The molecule has 1 heterocycles. The molecule has 0 atom stereocenters. The van der Waals surface area contributed by atoms with Crippen LogP contribution >= 0.6 is 0 Å². The molecule has 3 nitrogen and oxygen atoms in total. The number of nitrogen functional groups attached to an aromatic ring is 1. The quantitative estimate of drug-likeness (QED) is 0.699. The van der Waals surface area contributed by atoms with E-state index in [9.17, 15) is 0 Å². The van der Waals surface area contributed by atoms with Crippen LogP contribution in [-0.4, -0.2) is 4.98 Å². The number of para-hydroxylation sites is 1. The third-order valence-electron chi connectivity index (χ3n) is 3.13. The number of hydrogen-bond acceptors (Lipinski definition) is 3. The number of fused-ring (bicyclic) bond motifs is 1. The number of hydrogen-bond donors (Lipinski definition) is 2. The average Bonchev–Trinajstić information content (AvgIpc) is 2.47. The second-order valence-corrected chi connectivity index (χ2v) is 4.44. The first-order valence-corrected chi connectivity index (χ1v) is 6.25. The summed E-state index contributed by atoms with van der Waals surface area (Å²) in [5, 5.41) is 4.49. The Morgan fingerprint density at radius 2 is 1.79 bits per heavy atom. The molecule has 0 fully saturated rings. The van der Waals surface area contributed by atoms with Gasteiger partial charge in [0.05, 0.1) is 11.2 Å². The highest BCUT2D eigenvalue weighted by Crippen LogP contribution is 2.25. The van der Waals surface area contributed by atoms with Gasteiger partial charge in [0.1, 0.15) is 0 Å². The van der Waals surface area contributed by atoms with E-state index < -0.39 is 0 Å². The van der Waals surface area contributed by atoms with Gasteiger partial charge >= 0.3 is 0 Å². The molecule has 3 heteroatoms. The van der Waals surface area contributed by atoms with Crippen LogP contribution in [0.1, 0.15) is 5.56 Å². The zero-order valence-corrected chi connectivity index (χ0v) is 10.5. The van der Waals surface area contributed by atoms with Crippen LogP contribution < -0.4 is 11.1 Å². The molecule has 0 aliphatic heterocycles. The molecule has 0 aliphatic rings. The van der Waals surface area contributed by atoms with Crippen molar-refractivity contribution in [3.63, 3.8) is 0 Å². The van der Waals surface area contributed by atoms with Gasteiger partial charge in [-0.1, -0.05) is 42.5 Å². The van der Waals surface area contributed by atoms with Crippen LogP contribution in [0.4, 0.5) is 11.4 Å². The summed E-state index contributed by atoms with van der Waals surface area (Å²) in [4.78, 5) is 4.33. The molecule has 0 amide bonds. The first-order chi connectivity index (χ1) is 9.34. The lowest BCUT2D eigenvalue weighted by molar-refractivity contribution is 1.15. The van der Waals surface area contributed by atoms with Crippen LogP contribution in [0.5, 0.6) is 0 Å². The van der Waals surface area contributed by atoms with Gasteiger partial charge in [0.2, 0.25) is 0 Å². The molecule has 3 rings (SSSR count). The molecule has 94 valence electrons. The highest BCUT2D eigenvalue weighted by atomic mass is 14.9. The van der Waals surface area contributed by atoms with E-state index in [0.29, 0.717) is 5.69 Å². The predicted octanol–water partition coefficient (Wildman–Crippen LogP) is 3.43. The fourth-order valence-electron chi connectivity index (χ4n) is 2.15. The summed E-state index contributed by atoms with van der Waals surface area (Å²) in [6, 6.07) is 18.1. The van der Waals surface area contributed by atoms with E-state index in [0.717, 1.165) is 23.1 Å². The maximum Gasteiger partial charge on any atom is 0.0951 e. The monoisotopic (exact) mass is 249 g/mol. The lowest BCUT2D eigenvalue weighted by atomic mass is 10.1. The summed E-state index contributed by atoms with van der Waals surface area (Å²) in [7, 11) is 0. The largest absolute Gasteiger partial charge is 0.397 e. The minimum absolute atomic E-state index is 0.709. The van der Waals surface area contributed by atoms with Crippen LogP contribution in [0, 0.1) is 0 Å². The second-order valence-electron chi connectivity index (χ2n) is 4.44. The summed E-state index contributed by atoms with van der Waals surface area (Å²) in [5.74, 6) is 0. The van der Waals surface area contributed by atoms with Crippen molar-refractivity contribution in [1.29, 1.82) is 0 Å². The van der Waals surface area contributed by atoms with Crippen LogP contribution in [0.2, 0.25) is 0 Å². The number of nitrogens with zero attached hydrogens (tertiary/aromatic N) is 1. The van der Waals surface area contributed by atoms with Crippen LogP contribution in [0.15, 0.2) is 60.8 Å². The fourth-order valence-corrected chi connectivity index (χ4v) is 2.15. The summed E-state index contributed by atoms with van der Waals surface area (Å²) in [6.07, 6.45) is 1.78. The standard InChI is InChI=1S/C16H15N3/c17-14-8-4-7-13-15(9-10-18-16(13)14)19-11-12-5-2-1-3-6-12/h1-10H,11,17H2,(H,18,19). The number of rotatable bonds is 3. The van der Waals surface area contributed by atoms with Crippen molar-refractivity contribution in [3.05, 3.63) is 66.4 Å². The van der Waals surface area contributed by atoms with Crippen molar-refractivity contribution < 1.29 is 0 Å². The molecule has 2 aromatic carbocycles. The Bertz CT molecular complexity index is 693. The molecule has 0 unspecified atom stereocenters. The molecule has 0 bridgehead atoms. The smallest absolute Gasteiger partial charge is 0.0951 e. The van der Waals surface area contributed by atoms with Crippen molar-refractivity contribution in [2.24, 2.45) is 0 Å². The molecule has 0 aliphatic carbocycles. The number of anilines is 2. The summed E-state index contributed by atoms with van der Waals surface area (Å²) < 4.78 is 0. The van der Waals surface area contributed by atoms with E-state index >= 15 is 0 Å². The van der Waals surface area contributed by atoms with Crippen LogP contribution in [0.25, 0.3) is 10.9 Å². The van der Waals surface area contributed by atoms with Crippen LogP contribution in [-0.2, 0) is 6.54 Å². The maximum atomic E-state index is 5.94. The molecule has 3 aromatic rings. The van der Waals surface area contributed by atoms with E-state index in [1.54, 1.807) is 6.20 Å². The zero-order chi connectivity index (χ0) is 13.1. The molecule has 3 N–H and O–H groups in total. The van der Waals surface area contributed by atoms with Crippen molar-refractivity contribution >= 4 is 22.3 Å². The molecule has 0 saturated heterocycles. The fraction of sp³-hybridized carbons (Fsp3) is 0.0625. The SMILES string of the molecule is Nc1cccc2c(NCc3ccccc3)ccnc12. The Kier molecular flexibility index (Phi) is 3.02. The lowest BCUT2D eigenvalue weighted by Gasteiger charge is -2.10. The Morgan fingerprint density at radius 3 is 2.63 bits per heavy atom. The summed E-state index contributed by atoms with van der Waals surface area (Å²) in [5.41, 5.74) is 9.80. The minimum atomic E-state index is 0.709. The van der Waals surface area contributed by atoms with Gasteiger partial charge in [0.15, 0.2) is 0 Å². The van der Waals surface area contributed by atoms with E-state index in [4.69, 9.17) is 5.73 Å². The minimum Gasteiger partial charge on any atom is -0.397 e. The first kappa shape index (κ1) is 11.5. The number of nitrogens with two attached hydrogens (primary N) is 1. The third kappa shape index (κ3) is 2.36. The van der Waals surface area contributed by atoms with Crippen molar-refractivity contribution in [2.45, 2.75) is 6.54 Å². The molecular formula is C16H15N3. The van der Waals surface area contributed by atoms with Gasteiger partial charge < -0.3 is 11.1 Å². The average molecular weight is 249 g/mol. The molecular weight excluding hydrogens is 234 g/mol. The first-order valence-electron chi connectivity index (χ1n) is 6.25. The van der Waals surface area contributed by atoms with Crippen LogP contribution in [0.3, 0.4) is 0 Å². The molecule has 0 radical (unpaired) electrons. The Balaban J connectivity index is 1.91. The highest BCUT2D eigenvalue weighted by molar-refractivity contribution is 5.97. The van der Waals surface area contributed by atoms with Gasteiger partial charge in [-0.2, -0.15) is 0 Å². The van der Waals surface area contributed by atoms with E-state index in [-0.39, 0.29) is 0 Å². The van der Waals surface area contributed by atoms with Crippen molar-refractivity contribution in [1.82, 2.24) is 4.98 Å². The van der Waals surface area contributed by atoms with Crippen molar-refractivity contribution in [2.75, 3.05) is 11.1 Å². The normalized spacial score (nSPS) is 10.5. The molecule has 1 aromatic heterocycles. The number of aromatic nitrogens is 1. The van der Waals surface area contributed by atoms with Gasteiger partial charge in [-0.25, -0.2) is 0 Å². The third-order valence-corrected chi connectivity index (χ3v) is 3.13. The van der Waals surface area contributed by atoms with Gasteiger partial charge in [0.25, 0.3) is 0 Å². The summed E-state index contributed by atoms with van der Waals surface area (Å²) >= 11 is 0. The number of nitrogens with one attached hydrogen (secondary N) is 1. The molecule has 19 heavy (non-hydrogen) atoms. The lowest BCUT2D eigenvalue weighted by Crippen LogP contribution is -2.00. The van der Waals surface area contributed by atoms with Gasteiger partial charge in [-0.3, -0.25) is 4.98 Å². The van der Waals surface area contributed by atoms with Gasteiger partial charge in [0, 0.05) is 23.8 Å². The molecule has 0 saturated carbocycles. The predicted molar refractivity (Wildman–Crippen MR) is 79.9 cm³/mol. The Hall–Kier alpha value is -2.55. The zero-order valence-electron chi connectivity index (χ0n) is 10.5. The van der Waals surface area contributed by atoms with Gasteiger partial charge in [-0.05, 0) is 17.7 Å². The molecule has 0 spiro atoms. The number of pyridine rings is 1. The van der Waals surface area contributed by atoms with E-state index in [1.165, 1.54) is 5.56 Å². The Labute approximate surface area is 112 Å². The summed E-state index contributed by atoms with van der Waals surface area (Å²) in [6.45, 7) is 0.786. The highest BCUT2D eigenvalue weighted by Gasteiger charge is 2.03. The number of benzene rings is 2. The second kappa shape index (κ2) is 4.98. The topological polar surface area (TPSA) is 50.9 Å². The van der Waals surface area contributed by atoms with E-state index in [1.807, 2.05) is 42.5 Å². The Morgan fingerprint density at radius 1 is 0.947 bits per heavy atom. The van der Waals surface area contributed by atoms with Crippen molar-refractivity contribution in [3.8, 4) is 0 Å². The van der Waals surface area contributed by atoms with E-state index in [2.05, 4.69) is 22.4 Å².